The molecule has 0 unspecified atom stereocenters. The van der Waals surface area contributed by atoms with Gasteiger partial charge < -0.3 is 19.9 Å². The molecule has 0 saturated carbocycles. The summed E-state index contributed by atoms with van der Waals surface area (Å²) in [7, 11) is 0. The van der Waals surface area contributed by atoms with E-state index in [9.17, 15) is 4.79 Å². The number of ether oxygens (including phenoxy) is 1. The molecule has 0 aliphatic carbocycles. The van der Waals surface area contributed by atoms with Crippen LogP contribution in [0, 0.1) is 13.8 Å². The first-order valence-corrected chi connectivity index (χ1v) is 11.7. The highest BCUT2D eigenvalue weighted by molar-refractivity contribution is 7.80. The lowest BCUT2D eigenvalue weighted by Crippen LogP contribution is -2.40. The van der Waals surface area contributed by atoms with Gasteiger partial charge in [0.1, 0.15) is 0 Å². The summed E-state index contributed by atoms with van der Waals surface area (Å²) in [4.78, 5) is 18.1. The fraction of sp³-hybridized carbons (Fsp3) is 0.385. The molecule has 2 aromatic carbocycles. The van der Waals surface area contributed by atoms with E-state index in [0.717, 1.165) is 53.6 Å². The number of anilines is 1. The molecule has 1 aliphatic heterocycles. The maximum atomic E-state index is 13.0. The Balaban J connectivity index is 1.65. The zero-order chi connectivity index (χ0) is 22.7. The predicted molar refractivity (Wildman–Crippen MR) is 135 cm³/mol. The standard InChI is InChI=1S/C26H31N3O2S/c1-4-19-8-5-6-10-23(19)27-26(32)29(16-21-9-7-13-31-21)15-20-14-22-17(2)11-12-18(3)24(22)28-25(20)30/h5-6,8,10-12,14,21H,4,7,9,13,15-16H2,1-3H3,(H,27,32)(H,28,30)/t21-/m1/s1. The zero-order valence-corrected chi connectivity index (χ0v) is 19.8. The third-order valence-corrected chi connectivity index (χ3v) is 6.62. The number of rotatable bonds is 6. The number of fused-ring (bicyclic) bond motifs is 1. The number of aromatic nitrogens is 1. The van der Waals surface area contributed by atoms with Gasteiger partial charge in [-0.25, -0.2) is 0 Å². The quantitative estimate of drug-likeness (QED) is 0.514. The van der Waals surface area contributed by atoms with E-state index in [0.29, 0.717) is 23.8 Å². The minimum absolute atomic E-state index is 0.0692. The molecule has 168 valence electrons. The van der Waals surface area contributed by atoms with Crippen LogP contribution in [0.15, 0.2) is 47.3 Å². The van der Waals surface area contributed by atoms with E-state index in [1.807, 2.05) is 37.3 Å². The van der Waals surface area contributed by atoms with Crippen LogP contribution < -0.4 is 10.9 Å². The molecule has 32 heavy (non-hydrogen) atoms. The van der Waals surface area contributed by atoms with E-state index >= 15 is 0 Å². The second kappa shape index (κ2) is 9.84. The van der Waals surface area contributed by atoms with E-state index in [4.69, 9.17) is 17.0 Å². The van der Waals surface area contributed by atoms with E-state index < -0.39 is 0 Å². The number of hydrogen-bond acceptors (Lipinski definition) is 3. The van der Waals surface area contributed by atoms with Gasteiger partial charge in [-0.2, -0.15) is 0 Å². The van der Waals surface area contributed by atoms with Gasteiger partial charge in [0, 0.05) is 29.8 Å². The van der Waals surface area contributed by atoms with Crippen LogP contribution in [0.3, 0.4) is 0 Å². The molecule has 1 fully saturated rings. The minimum atomic E-state index is -0.0692. The van der Waals surface area contributed by atoms with E-state index in [2.05, 4.69) is 41.2 Å². The predicted octanol–water partition coefficient (Wildman–Crippen LogP) is 5.09. The Labute approximate surface area is 194 Å². The molecule has 2 N–H and O–H groups in total. The lowest BCUT2D eigenvalue weighted by atomic mass is 10.0. The van der Waals surface area contributed by atoms with Crippen molar-refractivity contribution in [1.29, 1.82) is 0 Å². The highest BCUT2D eigenvalue weighted by Crippen LogP contribution is 2.22. The number of H-pyrrole nitrogens is 1. The Hall–Kier alpha value is -2.70. The SMILES string of the molecule is CCc1ccccc1NC(=S)N(Cc1cc2c(C)ccc(C)c2[nH]c1=O)C[C@H]1CCCO1. The number of aromatic amines is 1. The molecule has 0 radical (unpaired) electrons. The Kier molecular flexibility index (Phi) is 6.92. The van der Waals surface area contributed by atoms with Gasteiger partial charge in [-0.15, -0.1) is 0 Å². The summed E-state index contributed by atoms with van der Waals surface area (Å²) in [6.07, 6.45) is 3.11. The summed E-state index contributed by atoms with van der Waals surface area (Å²) in [6.45, 7) is 8.09. The summed E-state index contributed by atoms with van der Waals surface area (Å²) >= 11 is 5.83. The van der Waals surface area contributed by atoms with Crippen LogP contribution in [0.2, 0.25) is 0 Å². The van der Waals surface area contributed by atoms with Crippen LogP contribution in [0.4, 0.5) is 5.69 Å². The smallest absolute Gasteiger partial charge is 0.253 e. The van der Waals surface area contributed by atoms with Crippen molar-refractivity contribution in [3.63, 3.8) is 0 Å². The number of thiocarbonyl (C=S) groups is 1. The van der Waals surface area contributed by atoms with E-state index in [-0.39, 0.29) is 11.7 Å². The maximum Gasteiger partial charge on any atom is 0.253 e. The maximum absolute atomic E-state index is 13.0. The largest absolute Gasteiger partial charge is 0.376 e. The molecule has 5 nitrogen and oxygen atoms in total. The number of para-hydroxylation sites is 1. The van der Waals surface area contributed by atoms with Gasteiger partial charge in [-0.05, 0) is 74.2 Å². The van der Waals surface area contributed by atoms with Gasteiger partial charge in [0.05, 0.1) is 18.2 Å². The summed E-state index contributed by atoms with van der Waals surface area (Å²) < 4.78 is 5.89. The average Bonchev–Trinajstić information content (AvgIpc) is 3.30. The number of pyridine rings is 1. The molecule has 3 aromatic rings. The summed E-state index contributed by atoms with van der Waals surface area (Å²) in [5, 5.41) is 5.11. The summed E-state index contributed by atoms with van der Waals surface area (Å²) in [5.41, 5.74) is 5.97. The highest BCUT2D eigenvalue weighted by Gasteiger charge is 2.22. The molecule has 4 rings (SSSR count). The molecular weight excluding hydrogens is 418 g/mol. The van der Waals surface area contributed by atoms with Crippen LogP contribution in [0.5, 0.6) is 0 Å². The molecule has 1 aliphatic rings. The fourth-order valence-corrected chi connectivity index (χ4v) is 4.59. The Morgan fingerprint density at radius 1 is 1.19 bits per heavy atom. The van der Waals surface area contributed by atoms with Gasteiger partial charge >= 0.3 is 0 Å². The topological polar surface area (TPSA) is 57.4 Å². The number of nitrogens with zero attached hydrogens (tertiary/aromatic N) is 1. The van der Waals surface area contributed by atoms with E-state index in [1.165, 1.54) is 5.56 Å². The molecule has 6 heteroatoms. The van der Waals surface area contributed by atoms with Crippen molar-refractivity contribution in [2.45, 2.75) is 52.7 Å². The average molecular weight is 450 g/mol. The molecular formula is C26H31N3O2S. The van der Waals surface area contributed by atoms with Gasteiger partial charge in [0.15, 0.2) is 5.11 Å². The van der Waals surface area contributed by atoms with Crippen molar-refractivity contribution >= 4 is 33.9 Å². The lowest BCUT2D eigenvalue weighted by Gasteiger charge is -2.28. The van der Waals surface area contributed by atoms with Gasteiger partial charge in [-0.1, -0.05) is 37.3 Å². The van der Waals surface area contributed by atoms with Crippen molar-refractivity contribution in [2.24, 2.45) is 0 Å². The summed E-state index contributed by atoms with van der Waals surface area (Å²) in [5.74, 6) is 0. The molecule has 0 bridgehead atoms. The Bertz CT molecular complexity index is 1180. The van der Waals surface area contributed by atoms with Crippen LogP contribution in [0.25, 0.3) is 10.9 Å². The van der Waals surface area contributed by atoms with Crippen molar-refractivity contribution in [1.82, 2.24) is 9.88 Å². The van der Waals surface area contributed by atoms with Gasteiger partial charge in [0.25, 0.3) is 5.56 Å². The third-order valence-electron chi connectivity index (χ3n) is 6.26. The van der Waals surface area contributed by atoms with Gasteiger partial charge in [-0.3, -0.25) is 4.79 Å². The van der Waals surface area contributed by atoms with Crippen LogP contribution >= 0.6 is 12.2 Å². The molecule has 2 heterocycles. The molecule has 1 atom stereocenters. The van der Waals surface area contributed by atoms with E-state index in [1.54, 1.807) is 0 Å². The number of nitrogens with one attached hydrogen (secondary N) is 2. The monoisotopic (exact) mass is 449 g/mol. The molecule has 0 amide bonds. The number of hydrogen-bond donors (Lipinski definition) is 2. The lowest BCUT2D eigenvalue weighted by molar-refractivity contribution is 0.0904. The molecule has 1 aromatic heterocycles. The van der Waals surface area contributed by atoms with Crippen LogP contribution in [-0.2, 0) is 17.7 Å². The summed E-state index contributed by atoms with van der Waals surface area (Å²) in [6, 6.07) is 14.4. The number of aryl methyl sites for hydroxylation is 3. The second-order valence-corrected chi connectivity index (χ2v) is 8.95. The Morgan fingerprint density at radius 3 is 2.72 bits per heavy atom. The molecule has 0 spiro atoms. The Morgan fingerprint density at radius 2 is 1.97 bits per heavy atom. The highest BCUT2D eigenvalue weighted by atomic mass is 32.1. The zero-order valence-electron chi connectivity index (χ0n) is 19.0. The van der Waals surface area contributed by atoms with Crippen LogP contribution in [-0.4, -0.2) is 34.3 Å². The first kappa shape index (κ1) is 22.5. The van der Waals surface area contributed by atoms with Crippen molar-refractivity contribution in [2.75, 3.05) is 18.5 Å². The minimum Gasteiger partial charge on any atom is -0.376 e. The normalized spacial score (nSPS) is 15.8. The van der Waals surface area contributed by atoms with Crippen molar-refractivity contribution in [3.05, 3.63) is 75.1 Å². The van der Waals surface area contributed by atoms with Crippen molar-refractivity contribution < 1.29 is 4.74 Å². The van der Waals surface area contributed by atoms with Crippen molar-refractivity contribution in [3.8, 4) is 0 Å². The fourth-order valence-electron chi connectivity index (χ4n) is 4.34. The van der Waals surface area contributed by atoms with Gasteiger partial charge in [0.2, 0.25) is 0 Å². The first-order valence-electron chi connectivity index (χ1n) is 11.3. The first-order chi connectivity index (χ1) is 15.5. The third kappa shape index (κ3) is 4.87. The number of benzene rings is 2. The second-order valence-electron chi connectivity index (χ2n) is 8.57. The molecule has 1 saturated heterocycles. The van der Waals surface area contributed by atoms with Crippen LogP contribution in [0.1, 0.15) is 42.0 Å².